The summed E-state index contributed by atoms with van der Waals surface area (Å²) in [5.41, 5.74) is 3.28. The third kappa shape index (κ3) is 3.73. The van der Waals surface area contributed by atoms with Gasteiger partial charge in [-0.25, -0.2) is 9.38 Å². The minimum absolute atomic E-state index is 0.0857. The summed E-state index contributed by atoms with van der Waals surface area (Å²) in [4.78, 5) is 6.87. The Labute approximate surface area is 163 Å². The highest BCUT2D eigenvalue weighted by atomic mass is 35.5. The van der Waals surface area contributed by atoms with Crippen molar-refractivity contribution in [2.24, 2.45) is 4.99 Å². The lowest BCUT2D eigenvalue weighted by atomic mass is 10.0. The number of halogens is 2. The summed E-state index contributed by atoms with van der Waals surface area (Å²) in [7, 11) is 1.68. The van der Waals surface area contributed by atoms with E-state index in [1.54, 1.807) is 25.6 Å². The summed E-state index contributed by atoms with van der Waals surface area (Å²) in [6.45, 7) is 3.04. The zero-order valence-corrected chi connectivity index (χ0v) is 15.9. The van der Waals surface area contributed by atoms with Gasteiger partial charge >= 0.3 is 0 Å². The fraction of sp³-hybridized carbons (Fsp3) is 0.350. The molecular formula is C20H22ClFN4O. The fourth-order valence-corrected chi connectivity index (χ4v) is 3.80. The second-order valence-corrected chi connectivity index (χ2v) is 7.21. The summed E-state index contributed by atoms with van der Waals surface area (Å²) < 4.78 is 19.9. The molecule has 0 saturated carbocycles. The largest absolute Gasteiger partial charge is 0.496 e. The van der Waals surface area contributed by atoms with Gasteiger partial charge in [-0.05, 0) is 44.1 Å². The van der Waals surface area contributed by atoms with Crippen molar-refractivity contribution in [1.29, 1.82) is 0 Å². The molecule has 2 N–H and O–H groups in total. The first-order valence-corrected chi connectivity index (χ1v) is 9.45. The van der Waals surface area contributed by atoms with Crippen molar-refractivity contribution in [3.63, 3.8) is 0 Å². The van der Waals surface area contributed by atoms with Crippen LogP contribution in [0.4, 0.5) is 15.8 Å². The standard InChI is InChI=1S/C20H22ClFN4O/c1-27-18-10-17-14(9-13(18)11-26-7-2-3-8-26)20(24-12-23-17)25-16-6-4-5-15(21)19(16)22/h4-6,9-10,12,20,25H,2-3,7-8,11H2,1H3,(H,23,24). The molecule has 1 saturated heterocycles. The Bertz CT molecular complexity index is 867. The lowest BCUT2D eigenvalue weighted by Gasteiger charge is -2.26. The Balaban J connectivity index is 1.65. The molecule has 0 bridgehead atoms. The molecule has 1 atom stereocenters. The number of aliphatic imine (C=N–C) groups is 1. The van der Waals surface area contributed by atoms with Crippen LogP contribution in [0.5, 0.6) is 5.75 Å². The second kappa shape index (κ2) is 7.74. The Kier molecular flexibility index (Phi) is 5.18. The van der Waals surface area contributed by atoms with Crippen LogP contribution in [0.25, 0.3) is 0 Å². The smallest absolute Gasteiger partial charge is 0.164 e. The van der Waals surface area contributed by atoms with Crippen molar-refractivity contribution >= 4 is 29.3 Å². The van der Waals surface area contributed by atoms with Gasteiger partial charge in [-0.2, -0.15) is 0 Å². The van der Waals surface area contributed by atoms with E-state index in [0.717, 1.165) is 42.2 Å². The molecule has 0 amide bonds. The second-order valence-electron chi connectivity index (χ2n) is 6.81. The predicted octanol–water partition coefficient (Wildman–Crippen LogP) is 4.65. The minimum Gasteiger partial charge on any atom is -0.496 e. The van der Waals surface area contributed by atoms with Gasteiger partial charge in [0.25, 0.3) is 0 Å². The monoisotopic (exact) mass is 388 g/mol. The molecule has 5 nitrogen and oxygen atoms in total. The number of hydrogen-bond donors (Lipinski definition) is 2. The number of nitrogens with zero attached hydrogens (tertiary/aromatic N) is 2. The van der Waals surface area contributed by atoms with Crippen LogP contribution < -0.4 is 15.4 Å². The van der Waals surface area contributed by atoms with Crippen molar-refractivity contribution in [2.75, 3.05) is 30.8 Å². The van der Waals surface area contributed by atoms with Crippen LogP contribution in [0.1, 0.15) is 30.1 Å². The van der Waals surface area contributed by atoms with Crippen molar-refractivity contribution in [3.05, 3.63) is 52.3 Å². The molecule has 2 aromatic rings. The first-order chi connectivity index (χ1) is 13.2. The Hall–Kier alpha value is -2.31. The van der Waals surface area contributed by atoms with Gasteiger partial charge < -0.3 is 15.4 Å². The number of anilines is 2. The highest BCUT2D eigenvalue weighted by Gasteiger charge is 2.23. The molecule has 0 radical (unpaired) electrons. The van der Waals surface area contributed by atoms with E-state index in [0.29, 0.717) is 5.69 Å². The fourth-order valence-electron chi connectivity index (χ4n) is 3.63. The summed E-state index contributed by atoms with van der Waals surface area (Å²) in [6.07, 6.45) is 3.67. The number of ether oxygens (including phenoxy) is 1. The molecule has 2 heterocycles. The average molecular weight is 389 g/mol. The first kappa shape index (κ1) is 18.1. The van der Waals surface area contributed by atoms with E-state index < -0.39 is 12.0 Å². The van der Waals surface area contributed by atoms with Crippen LogP contribution in [0, 0.1) is 5.82 Å². The van der Waals surface area contributed by atoms with Gasteiger partial charge in [-0.15, -0.1) is 0 Å². The third-order valence-corrected chi connectivity index (χ3v) is 5.32. The highest BCUT2D eigenvalue weighted by molar-refractivity contribution is 6.31. The zero-order chi connectivity index (χ0) is 18.8. The molecule has 2 aliphatic rings. The Morgan fingerprint density at radius 1 is 1.33 bits per heavy atom. The van der Waals surface area contributed by atoms with Crippen molar-refractivity contribution in [2.45, 2.75) is 25.6 Å². The van der Waals surface area contributed by atoms with Gasteiger partial charge in [-0.1, -0.05) is 17.7 Å². The highest BCUT2D eigenvalue weighted by Crippen LogP contribution is 2.37. The molecule has 7 heteroatoms. The van der Waals surface area contributed by atoms with Gasteiger partial charge in [0.1, 0.15) is 11.9 Å². The number of rotatable bonds is 5. The van der Waals surface area contributed by atoms with E-state index in [1.165, 1.54) is 18.9 Å². The molecule has 2 aromatic carbocycles. The van der Waals surface area contributed by atoms with Crippen LogP contribution in [0.2, 0.25) is 5.02 Å². The molecule has 0 aromatic heterocycles. The Morgan fingerprint density at radius 3 is 2.93 bits per heavy atom. The number of methoxy groups -OCH3 is 1. The lowest BCUT2D eigenvalue weighted by Crippen LogP contribution is -2.21. The molecule has 0 spiro atoms. The molecule has 4 rings (SSSR count). The summed E-state index contributed by atoms with van der Waals surface area (Å²) in [6, 6.07) is 8.98. The minimum atomic E-state index is -0.472. The van der Waals surface area contributed by atoms with E-state index in [-0.39, 0.29) is 5.02 Å². The van der Waals surface area contributed by atoms with E-state index in [2.05, 4.69) is 26.6 Å². The molecule has 27 heavy (non-hydrogen) atoms. The van der Waals surface area contributed by atoms with Gasteiger partial charge in [0.2, 0.25) is 0 Å². The number of likely N-dealkylation sites (tertiary alicyclic amines) is 1. The molecule has 1 fully saturated rings. The van der Waals surface area contributed by atoms with Gasteiger partial charge in [-0.3, -0.25) is 4.90 Å². The Morgan fingerprint density at radius 2 is 2.15 bits per heavy atom. The maximum atomic E-state index is 14.3. The van der Waals surface area contributed by atoms with Crippen molar-refractivity contribution in [3.8, 4) is 5.75 Å². The third-order valence-electron chi connectivity index (χ3n) is 5.03. The predicted molar refractivity (Wildman–Crippen MR) is 107 cm³/mol. The van der Waals surface area contributed by atoms with Crippen molar-refractivity contribution < 1.29 is 9.13 Å². The van der Waals surface area contributed by atoms with Crippen LogP contribution in [0.15, 0.2) is 35.3 Å². The molecule has 0 aliphatic carbocycles. The molecule has 142 valence electrons. The summed E-state index contributed by atoms with van der Waals surface area (Å²) >= 11 is 5.90. The molecule has 1 unspecified atom stereocenters. The van der Waals surface area contributed by atoms with E-state index in [9.17, 15) is 4.39 Å². The quantitative estimate of drug-likeness (QED) is 0.782. The van der Waals surface area contributed by atoms with Crippen LogP contribution in [-0.2, 0) is 6.54 Å². The maximum absolute atomic E-state index is 14.3. The maximum Gasteiger partial charge on any atom is 0.164 e. The topological polar surface area (TPSA) is 48.9 Å². The zero-order valence-electron chi connectivity index (χ0n) is 15.1. The van der Waals surface area contributed by atoms with E-state index in [1.807, 2.05) is 6.07 Å². The summed E-state index contributed by atoms with van der Waals surface area (Å²) in [5, 5.41) is 6.39. The number of benzene rings is 2. The summed E-state index contributed by atoms with van der Waals surface area (Å²) in [5.74, 6) is 0.372. The van der Waals surface area contributed by atoms with Crippen LogP contribution in [-0.4, -0.2) is 31.4 Å². The normalized spacial score (nSPS) is 18.9. The van der Waals surface area contributed by atoms with Crippen LogP contribution >= 0.6 is 11.6 Å². The molecule has 2 aliphatic heterocycles. The van der Waals surface area contributed by atoms with E-state index in [4.69, 9.17) is 16.3 Å². The lowest BCUT2D eigenvalue weighted by molar-refractivity contribution is 0.320. The van der Waals surface area contributed by atoms with Crippen molar-refractivity contribution in [1.82, 2.24) is 4.90 Å². The molecular weight excluding hydrogens is 367 g/mol. The number of hydrogen-bond acceptors (Lipinski definition) is 5. The number of nitrogens with one attached hydrogen (secondary N) is 2. The first-order valence-electron chi connectivity index (χ1n) is 9.07. The van der Waals surface area contributed by atoms with Gasteiger partial charge in [0.15, 0.2) is 5.82 Å². The SMILES string of the molecule is COc1cc2c(cc1CN1CCCC1)C(Nc1cccc(Cl)c1F)N=CN2. The number of fused-ring (bicyclic) bond motifs is 1. The van der Waals surface area contributed by atoms with Crippen LogP contribution in [0.3, 0.4) is 0 Å². The van der Waals surface area contributed by atoms with Gasteiger partial charge in [0, 0.05) is 23.7 Å². The van der Waals surface area contributed by atoms with Gasteiger partial charge in [0.05, 0.1) is 29.8 Å². The van der Waals surface area contributed by atoms with E-state index >= 15 is 0 Å². The average Bonchev–Trinajstić information content (AvgIpc) is 3.18.